The van der Waals surface area contributed by atoms with Gasteiger partial charge in [-0.2, -0.15) is 0 Å². The Hall–Kier alpha value is -1.88. The van der Waals surface area contributed by atoms with Crippen LogP contribution in [0, 0.1) is 0 Å². The number of carbonyl (C=O) groups is 2. The number of amides is 2. The van der Waals surface area contributed by atoms with E-state index in [1.807, 2.05) is 4.90 Å². The molecule has 1 aromatic rings. The van der Waals surface area contributed by atoms with Gasteiger partial charge in [0.2, 0.25) is 0 Å². The van der Waals surface area contributed by atoms with E-state index in [2.05, 4.69) is 5.32 Å². The molecule has 1 aromatic carbocycles. The van der Waals surface area contributed by atoms with Gasteiger partial charge in [0.05, 0.1) is 0 Å². The maximum absolute atomic E-state index is 12.5. The average molecular weight is 318 g/mol. The van der Waals surface area contributed by atoms with Crippen LogP contribution in [0.15, 0.2) is 24.3 Å². The number of ether oxygens (including phenoxy) is 1. The lowest BCUT2D eigenvalue weighted by Crippen LogP contribution is -2.32. The van der Waals surface area contributed by atoms with Crippen molar-refractivity contribution in [3.8, 4) is 0 Å². The number of nitrogens with zero attached hydrogens (tertiary/aromatic N) is 1. The van der Waals surface area contributed by atoms with E-state index in [9.17, 15) is 9.59 Å². The Kier molecular flexibility index (Phi) is 7.07. The van der Waals surface area contributed by atoms with Crippen LogP contribution in [0.3, 0.4) is 0 Å². The first-order valence-electron chi connectivity index (χ1n) is 8.39. The monoisotopic (exact) mass is 318 g/mol. The zero-order valence-electron chi connectivity index (χ0n) is 13.8. The first-order valence-corrected chi connectivity index (χ1v) is 8.39. The predicted molar refractivity (Wildman–Crippen MR) is 89.6 cm³/mol. The molecule has 23 heavy (non-hydrogen) atoms. The number of hydrogen-bond donors (Lipinski definition) is 1. The second-order valence-electron chi connectivity index (χ2n) is 5.89. The van der Waals surface area contributed by atoms with Crippen molar-refractivity contribution in [2.24, 2.45) is 0 Å². The third kappa shape index (κ3) is 5.36. The number of methoxy groups -OCH3 is 1. The third-order valence-corrected chi connectivity index (χ3v) is 4.10. The molecular formula is C18H26N2O3. The van der Waals surface area contributed by atoms with Crippen LogP contribution in [0.5, 0.6) is 0 Å². The van der Waals surface area contributed by atoms with Gasteiger partial charge in [0.15, 0.2) is 0 Å². The highest BCUT2D eigenvalue weighted by Crippen LogP contribution is 2.14. The summed E-state index contributed by atoms with van der Waals surface area (Å²) in [6.07, 6.45) is 5.34. The van der Waals surface area contributed by atoms with Gasteiger partial charge in [-0.3, -0.25) is 9.59 Å². The van der Waals surface area contributed by atoms with Crippen LogP contribution in [-0.4, -0.2) is 50.1 Å². The Morgan fingerprint density at radius 2 is 1.65 bits per heavy atom. The van der Waals surface area contributed by atoms with Gasteiger partial charge in [0.1, 0.15) is 0 Å². The fourth-order valence-corrected chi connectivity index (χ4v) is 2.74. The number of hydrogen-bond acceptors (Lipinski definition) is 3. The zero-order valence-corrected chi connectivity index (χ0v) is 13.8. The Bertz CT molecular complexity index is 506. The van der Waals surface area contributed by atoms with E-state index in [1.54, 1.807) is 31.4 Å². The summed E-state index contributed by atoms with van der Waals surface area (Å²) in [5.41, 5.74) is 1.23. The van der Waals surface area contributed by atoms with Crippen molar-refractivity contribution in [2.45, 2.75) is 32.1 Å². The van der Waals surface area contributed by atoms with E-state index >= 15 is 0 Å². The molecule has 0 saturated carbocycles. The third-order valence-electron chi connectivity index (χ3n) is 4.10. The molecule has 126 valence electrons. The molecule has 1 heterocycles. The number of likely N-dealkylation sites (tertiary alicyclic amines) is 1. The van der Waals surface area contributed by atoms with E-state index in [0.717, 1.165) is 32.4 Å². The molecular weight excluding hydrogens is 292 g/mol. The molecule has 0 spiro atoms. The van der Waals surface area contributed by atoms with Gasteiger partial charge in [-0.15, -0.1) is 0 Å². The van der Waals surface area contributed by atoms with Crippen molar-refractivity contribution in [2.75, 3.05) is 33.4 Å². The van der Waals surface area contributed by atoms with E-state index < -0.39 is 0 Å². The highest BCUT2D eigenvalue weighted by Gasteiger charge is 2.17. The molecule has 1 fully saturated rings. The SMILES string of the molecule is COCCCNC(=O)c1ccc(C(=O)N2CCCCCC2)cc1. The van der Waals surface area contributed by atoms with Gasteiger partial charge in [-0.25, -0.2) is 0 Å². The molecule has 0 atom stereocenters. The number of nitrogens with one attached hydrogen (secondary N) is 1. The summed E-state index contributed by atoms with van der Waals surface area (Å²) in [4.78, 5) is 26.4. The van der Waals surface area contributed by atoms with E-state index in [4.69, 9.17) is 4.74 Å². The minimum absolute atomic E-state index is 0.0685. The van der Waals surface area contributed by atoms with Crippen molar-refractivity contribution in [1.82, 2.24) is 10.2 Å². The highest BCUT2D eigenvalue weighted by molar-refractivity contribution is 5.97. The first kappa shape index (κ1) is 17.5. The van der Waals surface area contributed by atoms with Gasteiger partial charge >= 0.3 is 0 Å². The first-order chi connectivity index (χ1) is 11.2. The van der Waals surface area contributed by atoms with Crippen molar-refractivity contribution in [3.05, 3.63) is 35.4 Å². The van der Waals surface area contributed by atoms with Crippen LogP contribution in [0.1, 0.15) is 52.8 Å². The van der Waals surface area contributed by atoms with Gasteiger partial charge in [-0.05, 0) is 43.5 Å². The molecule has 1 N–H and O–H groups in total. The molecule has 5 heteroatoms. The Labute approximate surface area is 138 Å². The molecule has 0 aliphatic carbocycles. The molecule has 1 aliphatic rings. The maximum atomic E-state index is 12.5. The largest absolute Gasteiger partial charge is 0.385 e. The van der Waals surface area contributed by atoms with Crippen LogP contribution in [0.4, 0.5) is 0 Å². The zero-order chi connectivity index (χ0) is 16.5. The molecule has 0 aromatic heterocycles. The fraction of sp³-hybridized carbons (Fsp3) is 0.556. The van der Waals surface area contributed by atoms with Crippen LogP contribution >= 0.6 is 0 Å². The predicted octanol–water partition coefficient (Wildman–Crippen LogP) is 2.47. The van der Waals surface area contributed by atoms with E-state index in [-0.39, 0.29) is 11.8 Å². The van der Waals surface area contributed by atoms with Gasteiger partial charge in [0.25, 0.3) is 11.8 Å². The van der Waals surface area contributed by atoms with Crippen molar-refractivity contribution >= 4 is 11.8 Å². The molecule has 1 saturated heterocycles. The lowest BCUT2D eigenvalue weighted by atomic mass is 10.1. The summed E-state index contributed by atoms with van der Waals surface area (Å²) in [6, 6.07) is 6.93. The van der Waals surface area contributed by atoms with Crippen LogP contribution in [0.2, 0.25) is 0 Å². The van der Waals surface area contributed by atoms with Crippen molar-refractivity contribution in [3.63, 3.8) is 0 Å². The minimum atomic E-state index is -0.116. The smallest absolute Gasteiger partial charge is 0.253 e. The second-order valence-corrected chi connectivity index (χ2v) is 5.89. The fourth-order valence-electron chi connectivity index (χ4n) is 2.74. The van der Waals surface area contributed by atoms with E-state index in [1.165, 1.54) is 12.8 Å². The molecule has 2 amide bonds. The molecule has 2 rings (SSSR count). The number of carbonyl (C=O) groups excluding carboxylic acids is 2. The van der Waals surface area contributed by atoms with Crippen molar-refractivity contribution < 1.29 is 14.3 Å². The lowest BCUT2D eigenvalue weighted by Gasteiger charge is -2.20. The molecule has 1 aliphatic heterocycles. The molecule has 5 nitrogen and oxygen atoms in total. The highest BCUT2D eigenvalue weighted by atomic mass is 16.5. The summed E-state index contributed by atoms with van der Waals surface area (Å²) in [7, 11) is 1.64. The summed E-state index contributed by atoms with van der Waals surface area (Å²) in [6.45, 7) is 2.88. The molecule has 0 radical (unpaired) electrons. The quantitative estimate of drug-likeness (QED) is 0.820. The second kappa shape index (κ2) is 9.30. The number of benzene rings is 1. The normalized spacial score (nSPS) is 15.1. The average Bonchev–Trinajstić information content (AvgIpc) is 2.87. The maximum Gasteiger partial charge on any atom is 0.253 e. The van der Waals surface area contributed by atoms with Crippen LogP contribution < -0.4 is 5.32 Å². The summed E-state index contributed by atoms with van der Waals surface area (Å²) in [5, 5.41) is 2.84. The Morgan fingerprint density at radius 1 is 1.04 bits per heavy atom. The van der Waals surface area contributed by atoms with Crippen LogP contribution in [-0.2, 0) is 4.74 Å². The summed E-state index contributed by atoms with van der Waals surface area (Å²) >= 11 is 0. The van der Waals surface area contributed by atoms with E-state index in [0.29, 0.717) is 24.3 Å². The topological polar surface area (TPSA) is 58.6 Å². The summed E-state index contributed by atoms with van der Waals surface area (Å²) in [5.74, 6) is -0.0474. The molecule has 0 bridgehead atoms. The standard InChI is InChI=1S/C18H26N2O3/c1-23-14-6-11-19-17(21)15-7-9-16(10-8-15)18(22)20-12-4-2-3-5-13-20/h7-10H,2-6,11-14H2,1H3,(H,19,21). The van der Waals surface area contributed by atoms with Gasteiger partial charge in [-0.1, -0.05) is 12.8 Å². The van der Waals surface area contributed by atoms with Gasteiger partial charge < -0.3 is 15.0 Å². The van der Waals surface area contributed by atoms with Crippen LogP contribution in [0.25, 0.3) is 0 Å². The van der Waals surface area contributed by atoms with Crippen molar-refractivity contribution in [1.29, 1.82) is 0 Å². The van der Waals surface area contributed by atoms with Gasteiger partial charge in [0, 0.05) is 44.5 Å². The Morgan fingerprint density at radius 3 is 2.26 bits per heavy atom. The number of rotatable bonds is 6. The summed E-state index contributed by atoms with van der Waals surface area (Å²) < 4.78 is 4.94. The Balaban J connectivity index is 1.90. The molecule has 0 unspecified atom stereocenters. The minimum Gasteiger partial charge on any atom is -0.385 e. The lowest BCUT2D eigenvalue weighted by molar-refractivity contribution is 0.0761.